The predicted molar refractivity (Wildman–Crippen MR) is 101 cm³/mol. The van der Waals surface area contributed by atoms with Crippen molar-refractivity contribution < 1.29 is 13.9 Å². The predicted octanol–water partition coefficient (Wildman–Crippen LogP) is 4.14. The molecule has 1 aliphatic heterocycles. The number of nitrogens with zero attached hydrogens (tertiary/aromatic N) is 4. The molecule has 0 bridgehead atoms. The fourth-order valence-electron chi connectivity index (χ4n) is 3.31. The van der Waals surface area contributed by atoms with E-state index in [9.17, 15) is 9.18 Å². The number of carbonyl (C=O) groups is 1. The van der Waals surface area contributed by atoms with E-state index < -0.39 is 5.60 Å². The minimum absolute atomic E-state index is 0.199. The van der Waals surface area contributed by atoms with E-state index in [0.29, 0.717) is 13.1 Å². The van der Waals surface area contributed by atoms with Crippen LogP contribution in [-0.2, 0) is 4.74 Å². The maximum atomic E-state index is 13.4. The van der Waals surface area contributed by atoms with Crippen LogP contribution < -0.4 is 0 Å². The molecule has 1 aromatic heterocycles. The van der Waals surface area contributed by atoms with Crippen molar-refractivity contribution in [3.05, 3.63) is 41.2 Å². The molecule has 27 heavy (non-hydrogen) atoms. The van der Waals surface area contributed by atoms with Crippen molar-refractivity contribution in [2.75, 3.05) is 13.1 Å². The van der Waals surface area contributed by atoms with Crippen molar-refractivity contribution in [1.82, 2.24) is 19.7 Å². The minimum Gasteiger partial charge on any atom is -0.444 e. The summed E-state index contributed by atoms with van der Waals surface area (Å²) in [6.07, 6.45) is 1.33. The average Bonchev–Trinajstić information content (AvgIpc) is 2.95. The van der Waals surface area contributed by atoms with Crippen molar-refractivity contribution >= 4 is 6.09 Å². The molecule has 3 rings (SSSR count). The molecule has 0 unspecified atom stereocenters. The first-order valence-electron chi connectivity index (χ1n) is 9.32. The number of likely N-dealkylation sites (tertiary alicyclic amines) is 1. The van der Waals surface area contributed by atoms with Gasteiger partial charge >= 0.3 is 6.09 Å². The van der Waals surface area contributed by atoms with E-state index in [-0.39, 0.29) is 17.8 Å². The van der Waals surface area contributed by atoms with Crippen molar-refractivity contribution in [2.45, 2.75) is 59.0 Å². The van der Waals surface area contributed by atoms with Crippen LogP contribution in [0.2, 0.25) is 0 Å². The number of halogens is 1. The van der Waals surface area contributed by atoms with Gasteiger partial charge in [-0.3, -0.25) is 0 Å². The highest BCUT2D eigenvalue weighted by molar-refractivity contribution is 5.68. The lowest BCUT2D eigenvalue weighted by Crippen LogP contribution is -2.41. The number of hydrogen-bond donors (Lipinski definition) is 0. The highest BCUT2D eigenvalue weighted by atomic mass is 19.1. The van der Waals surface area contributed by atoms with Crippen molar-refractivity contribution in [1.29, 1.82) is 0 Å². The lowest BCUT2D eigenvalue weighted by atomic mass is 9.96. The molecule has 0 aliphatic carbocycles. The summed E-state index contributed by atoms with van der Waals surface area (Å²) in [5, 5.41) is 4.67. The van der Waals surface area contributed by atoms with E-state index in [0.717, 1.165) is 35.7 Å². The monoisotopic (exact) mass is 374 g/mol. The Balaban J connectivity index is 1.70. The van der Waals surface area contributed by atoms with Gasteiger partial charge in [-0.05, 0) is 71.2 Å². The van der Waals surface area contributed by atoms with Crippen molar-refractivity contribution in [3.63, 3.8) is 0 Å². The van der Waals surface area contributed by atoms with E-state index in [2.05, 4.69) is 10.1 Å². The van der Waals surface area contributed by atoms with E-state index in [1.165, 1.54) is 12.1 Å². The lowest BCUT2D eigenvalue weighted by molar-refractivity contribution is 0.0203. The Morgan fingerprint density at radius 2 is 1.89 bits per heavy atom. The Morgan fingerprint density at radius 3 is 2.48 bits per heavy atom. The Labute approximate surface area is 159 Å². The maximum absolute atomic E-state index is 13.4. The van der Waals surface area contributed by atoms with Gasteiger partial charge < -0.3 is 9.64 Å². The normalized spacial score (nSPS) is 15.9. The van der Waals surface area contributed by atoms with E-state index in [1.807, 2.05) is 34.6 Å². The molecule has 0 saturated carbocycles. The number of benzene rings is 1. The molecule has 0 spiro atoms. The molecule has 1 aromatic carbocycles. The van der Waals surface area contributed by atoms with Gasteiger partial charge in [0.05, 0.1) is 5.69 Å². The van der Waals surface area contributed by atoms with Crippen LogP contribution in [-0.4, -0.2) is 44.4 Å². The van der Waals surface area contributed by atoms with Gasteiger partial charge in [0.15, 0.2) is 5.82 Å². The number of rotatable bonds is 2. The molecule has 1 amide bonds. The second-order valence-electron chi connectivity index (χ2n) is 8.10. The summed E-state index contributed by atoms with van der Waals surface area (Å²) >= 11 is 0. The number of hydrogen-bond acceptors (Lipinski definition) is 4. The second-order valence-corrected chi connectivity index (χ2v) is 8.10. The second kappa shape index (κ2) is 7.29. The molecular weight excluding hydrogens is 347 g/mol. The molecule has 0 atom stereocenters. The third-order valence-electron chi connectivity index (χ3n) is 4.68. The Bertz CT molecular complexity index is 833. The first-order chi connectivity index (χ1) is 12.6. The third kappa shape index (κ3) is 4.46. The van der Waals surface area contributed by atoms with Crippen LogP contribution in [0.5, 0.6) is 0 Å². The van der Waals surface area contributed by atoms with Crippen LogP contribution in [0.3, 0.4) is 0 Å². The smallest absolute Gasteiger partial charge is 0.410 e. The summed E-state index contributed by atoms with van der Waals surface area (Å²) in [7, 11) is 0. The number of piperidine rings is 1. The molecule has 1 aliphatic rings. The van der Waals surface area contributed by atoms with E-state index in [4.69, 9.17) is 4.74 Å². The minimum atomic E-state index is -0.488. The van der Waals surface area contributed by atoms with E-state index in [1.54, 1.807) is 15.6 Å². The molecule has 1 fully saturated rings. The van der Waals surface area contributed by atoms with Crippen molar-refractivity contribution in [2.24, 2.45) is 0 Å². The van der Waals surface area contributed by atoms with Gasteiger partial charge in [0, 0.05) is 19.0 Å². The number of carbonyl (C=O) groups excluding carboxylic acids is 1. The number of amides is 1. The number of aryl methyl sites for hydroxylation is 2. The first kappa shape index (κ1) is 19.3. The molecule has 0 radical (unpaired) electrons. The van der Waals surface area contributed by atoms with Crippen LogP contribution >= 0.6 is 0 Å². The molecule has 2 heterocycles. The molecule has 2 aromatic rings. The highest BCUT2D eigenvalue weighted by Gasteiger charge is 2.29. The van der Waals surface area contributed by atoms with Crippen LogP contribution in [0.25, 0.3) is 5.69 Å². The zero-order valence-electron chi connectivity index (χ0n) is 16.6. The molecule has 7 heteroatoms. The Kier molecular flexibility index (Phi) is 5.22. The largest absolute Gasteiger partial charge is 0.444 e. The zero-order valence-corrected chi connectivity index (χ0v) is 16.6. The highest BCUT2D eigenvalue weighted by Crippen LogP contribution is 2.28. The van der Waals surface area contributed by atoms with Gasteiger partial charge in [0.1, 0.15) is 17.2 Å². The van der Waals surface area contributed by atoms with Gasteiger partial charge in [0.2, 0.25) is 0 Å². The van der Waals surface area contributed by atoms with E-state index >= 15 is 0 Å². The third-order valence-corrected chi connectivity index (χ3v) is 4.68. The summed E-state index contributed by atoms with van der Waals surface area (Å²) in [6, 6.07) is 4.65. The lowest BCUT2D eigenvalue weighted by Gasteiger charge is -2.32. The van der Waals surface area contributed by atoms with Crippen LogP contribution in [0.4, 0.5) is 9.18 Å². The quantitative estimate of drug-likeness (QED) is 0.793. The van der Waals surface area contributed by atoms with Gasteiger partial charge in [-0.25, -0.2) is 18.9 Å². The summed E-state index contributed by atoms with van der Waals surface area (Å²) < 4.78 is 20.6. The van der Waals surface area contributed by atoms with Gasteiger partial charge in [0.25, 0.3) is 0 Å². The zero-order chi connectivity index (χ0) is 19.8. The fraction of sp³-hybridized carbons (Fsp3) is 0.550. The van der Waals surface area contributed by atoms with Crippen LogP contribution in [0, 0.1) is 19.7 Å². The topological polar surface area (TPSA) is 60.2 Å². The van der Waals surface area contributed by atoms with Gasteiger partial charge in [-0.15, -0.1) is 0 Å². The Morgan fingerprint density at radius 1 is 1.22 bits per heavy atom. The fourth-order valence-corrected chi connectivity index (χ4v) is 3.31. The summed E-state index contributed by atoms with van der Waals surface area (Å²) in [5.41, 5.74) is 1.16. The molecule has 0 N–H and O–H groups in total. The summed E-state index contributed by atoms with van der Waals surface area (Å²) in [4.78, 5) is 18.6. The number of ether oxygens (including phenoxy) is 1. The molecule has 1 saturated heterocycles. The van der Waals surface area contributed by atoms with Crippen LogP contribution in [0.15, 0.2) is 18.2 Å². The maximum Gasteiger partial charge on any atom is 0.410 e. The molecule has 6 nitrogen and oxygen atoms in total. The van der Waals surface area contributed by atoms with Gasteiger partial charge in [-0.1, -0.05) is 0 Å². The molecular formula is C20H27FN4O2. The van der Waals surface area contributed by atoms with Crippen LogP contribution in [0.1, 0.15) is 56.7 Å². The van der Waals surface area contributed by atoms with Gasteiger partial charge in [-0.2, -0.15) is 5.10 Å². The molecule has 146 valence electrons. The summed E-state index contributed by atoms with van der Waals surface area (Å²) in [6.45, 7) is 10.6. The summed E-state index contributed by atoms with van der Waals surface area (Å²) in [5.74, 6) is 1.49. The van der Waals surface area contributed by atoms with Crippen molar-refractivity contribution in [3.8, 4) is 5.69 Å². The Hall–Kier alpha value is -2.44. The average molecular weight is 374 g/mol. The first-order valence-corrected chi connectivity index (χ1v) is 9.32. The number of aromatic nitrogens is 3. The standard InChI is InChI=1S/C20H27FN4O2/c1-13-12-16(21)6-7-17(13)25-14(2)22-18(23-25)15-8-10-24(11-9-15)19(26)27-20(3,4)5/h6-7,12,15H,8-11H2,1-5H3. The SMILES string of the molecule is Cc1cc(F)ccc1-n1nc(C2CCN(C(=O)OC(C)(C)C)CC2)nc1C.